The number of nitrogens with zero attached hydrogens (tertiary/aromatic N) is 1. The van der Waals surface area contributed by atoms with Crippen molar-refractivity contribution < 1.29 is 14.3 Å². The molecule has 0 spiro atoms. The van der Waals surface area contributed by atoms with Crippen LogP contribution in [0.15, 0.2) is 84.4 Å². The average Bonchev–Trinajstić information content (AvgIpc) is 2.73. The van der Waals surface area contributed by atoms with E-state index in [0.717, 1.165) is 5.56 Å². The number of amides is 1. The Bertz CT molecular complexity index is 1090. The third-order valence-electron chi connectivity index (χ3n) is 4.05. The lowest BCUT2D eigenvalue weighted by Gasteiger charge is -2.06. The van der Waals surface area contributed by atoms with Crippen molar-refractivity contribution in [3.05, 3.63) is 101 Å². The molecule has 5 heteroatoms. The van der Waals surface area contributed by atoms with E-state index in [0.29, 0.717) is 22.6 Å². The van der Waals surface area contributed by atoms with E-state index in [-0.39, 0.29) is 5.57 Å². The molecule has 0 saturated carbocycles. The molecule has 0 heterocycles. The molecule has 0 aliphatic heterocycles. The second-order valence-corrected chi connectivity index (χ2v) is 6.32. The lowest BCUT2D eigenvalue weighted by molar-refractivity contribution is -0.112. The van der Waals surface area contributed by atoms with E-state index < -0.39 is 11.9 Å². The van der Waals surface area contributed by atoms with Gasteiger partial charge in [0.25, 0.3) is 5.91 Å². The van der Waals surface area contributed by atoms with E-state index in [1.165, 1.54) is 6.08 Å². The fourth-order valence-electron chi connectivity index (χ4n) is 2.61. The van der Waals surface area contributed by atoms with Gasteiger partial charge in [0.1, 0.15) is 17.4 Å². The Labute approximate surface area is 168 Å². The van der Waals surface area contributed by atoms with Gasteiger partial charge in [-0.15, -0.1) is 0 Å². The number of carbonyl (C=O) groups is 2. The first-order valence-electron chi connectivity index (χ1n) is 8.92. The first kappa shape index (κ1) is 19.6. The Morgan fingerprint density at radius 3 is 2.34 bits per heavy atom. The Morgan fingerprint density at radius 2 is 1.69 bits per heavy atom. The van der Waals surface area contributed by atoms with Crippen molar-refractivity contribution in [1.82, 2.24) is 0 Å². The van der Waals surface area contributed by atoms with Gasteiger partial charge in [-0.05, 0) is 60.5 Å². The standard InChI is InChI=1S/C24H18N2O3/c1-17-6-5-9-21(14-17)26-23(27)20(16-25)15-18-10-12-22(13-11-18)29-24(28)19-7-3-2-4-8-19/h2-15H,1H3,(H,26,27)/b20-15+. The van der Waals surface area contributed by atoms with Crippen LogP contribution in [-0.4, -0.2) is 11.9 Å². The molecule has 3 aromatic rings. The van der Waals surface area contributed by atoms with Crippen molar-refractivity contribution in [3.63, 3.8) is 0 Å². The molecule has 29 heavy (non-hydrogen) atoms. The molecule has 0 bridgehead atoms. The van der Waals surface area contributed by atoms with Crippen molar-refractivity contribution in [3.8, 4) is 11.8 Å². The van der Waals surface area contributed by atoms with E-state index in [1.54, 1.807) is 54.6 Å². The maximum Gasteiger partial charge on any atom is 0.343 e. The summed E-state index contributed by atoms with van der Waals surface area (Å²) in [6.45, 7) is 1.92. The molecule has 142 valence electrons. The first-order valence-corrected chi connectivity index (χ1v) is 8.92. The lowest BCUT2D eigenvalue weighted by atomic mass is 10.1. The zero-order chi connectivity index (χ0) is 20.6. The number of anilines is 1. The summed E-state index contributed by atoms with van der Waals surface area (Å²) in [6.07, 6.45) is 1.48. The number of benzene rings is 3. The monoisotopic (exact) mass is 382 g/mol. The van der Waals surface area contributed by atoms with Crippen LogP contribution in [0.4, 0.5) is 5.69 Å². The second kappa shape index (κ2) is 9.16. The lowest BCUT2D eigenvalue weighted by Crippen LogP contribution is -2.13. The van der Waals surface area contributed by atoms with Gasteiger partial charge < -0.3 is 10.1 Å². The summed E-state index contributed by atoms with van der Waals surface area (Å²) < 4.78 is 5.32. The molecule has 3 rings (SSSR count). The number of hydrogen-bond donors (Lipinski definition) is 1. The van der Waals surface area contributed by atoms with Crippen LogP contribution in [0.3, 0.4) is 0 Å². The van der Waals surface area contributed by atoms with Crippen LogP contribution < -0.4 is 10.1 Å². The van der Waals surface area contributed by atoms with Crippen molar-refractivity contribution in [2.45, 2.75) is 6.92 Å². The molecule has 0 atom stereocenters. The molecule has 1 N–H and O–H groups in total. The van der Waals surface area contributed by atoms with E-state index in [1.807, 2.05) is 37.3 Å². The third-order valence-corrected chi connectivity index (χ3v) is 4.05. The number of rotatable bonds is 5. The zero-order valence-electron chi connectivity index (χ0n) is 15.8. The number of carbonyl (C=O) groups excluding carboxylic acids is 2. The summed E-state index contributed by atoms with van der Waals surface area (Å²) in [6, 6.07) is 24.5. The van der Waals surface area contributed by atoms with Crippen molar-refractivity contribution in [2.75, 3.05) is 5.32 Å². The predicted octanol–water partition coefficient (Wildman–Crippen LogP) is 4.76. The van der Waals surface area contributed by atoms with E-state index in [9.17, 15) is 14.9 Å². The molecular formula is C24H18N2O3. The molecule has 0 aliphatic carbocycles. The van der Waals surface area contributed by atoms with E-state index in [2.05, 4.69) is 5.32 Å². The van der Waals surface area contributed by atoms with Crippen molar-refractivity contribution >= 4 is 23.6 Å². The Hall–Kier alpha value is -4.17. The number of ether oxygens (including phenoxy) is 1. The highest BCUT2D eigenvalue weighted by atomic mass is 16.5. The summed E-state index contributed by atoms with van der Waals surface area (Å²) in [5.41, 5.74) is 2.70. The van der Waals surface area contributed by atoms with Crippen LogP contribution in [0.5, 0.6) is 5.75 Å². The summed E-state index contributed by atoms with van der Waals surface area (Å²) >= 11 is 0. The maximum absolute atomic E-state index is 12.4. The van der Waals surface area contributed by atoms with Crippen LogP contribution in [0, 0.1) is 18.3 Å². The van der Waals surface area contributed by atoms with Gasteiger partial charge in [0.2, 0.25) is 0 Å². The molecule has 0 radical (unpaired) electrons. The molecule has 0 aliphatic rings. The normalized spacial score (nSPS) is 10.7. The Kier molecular flexibility index (Phi) is 6.18. The van der Waals surface area contributed by atoms with Crippen molar-refractivity contribution in [2.24, 2.45) is 0 Å². The highest BCUT2D eigenvalue weighted by molar-refractivity contribution is 6.09. The quantitative estimate of drug-likeness (QED) is 0.299. The Morgan fingerprint density at radius 1 is 0.966 bits per heavy atom. The minimum absolute atomic E-state index is 0.0273. The number of nitrogens with one attached hydrogen (secondary N) is 1. The smallest absolute Gasteiger partial charge is 0.343 e. The first-order chi connectivity index (χ1) is 14.0. The molecule has 0 fully saturated rings. The van der Waals surface area contributed by atoms with Crippen LogP contribution in [-0.2, 0) is 4.79 Å². The van der Waals surface area contributed by atoms with Gasteiger partial charge in [-0.1, -0.05) is 42.5 Å². The van der Waals surface area contributed by atoms with Gasteiger partial charge in [-0.2, -0.15) is 5.26 Å². The van der Waals surface area contributed by atoms with Crippen LogP contribution >= 0.6 is 0 Å². The van der Waals surface area contributed by atoms with Crippen LogP contribution in [0.25, 0.3) is 6.08 Å². The van der Waals surface area contributed by atoms with E-state index >= 15 is 0 Å². The van der Waals surface area contributed by atoms with Gasteiger partial charge in [0.15, 0.2) is 0 Å². The summed E-state index contributed by atoms with van der Waals surface area (Å²) in [4.78, 5) is 24.4. The summed E-state index contributed by atoms with van der Waals surface area (Å²) in [5.74, 6) is -0.569. The molecule has 5 nitrogen and oxygen atoms in total. The van der Waals surface area contributed by atoms with E-state index in [4.69, 9.17) is 4.74 Å². The fraction of sp³-hybridized carbons (Fsp3) is 0.0417. The van der Waals surface area contributed by atoms with Crippen LogP contribution in [0.2, 0.25) is 0 Å². The van der Waals surface area contributed by atoms with Gasteiger partial charge in [0, 0.05) is 5.69 Å². The minimum atomic E-state index is -0.488. The number of esters is 1. The second-order valence-electron chi connectivity index (χ2n) is 6.32. The highest BCUT2D eigenvalue weighted by Gasteiger charge is 2.11. The molecule has 0 saturated heterocycles. The molecule has 1 amide bonds. The molecule has 3 aromatic carbocycles. The summed E-state index contributed by atoms with van der Waals surface area (Å²) in [5, 5.41) is 12.1. The fourth-order valence-corrected chi connectivity index (χ4v) is 2.61. The van der Waals surface area contributed by atoms with Gasteiger partial charge in [-0.3, -0.25) is 4.79 Å². The minimum Gasteiger partial charge on any atom is -0.423 e. The average molecular weight is 382 g/mol. The molecule has 0 aromatic heterocycles. The van der Waals surface area contributed by atoms with Gasteiger partial charge in [0.05, 0.1) is 5.56 Å². The van der Waals surface area contributed by atoms with Gasteiger partial charge >= 0.3 is 5.97 Å². The van der Waals surface area contributed by atoms with Crippen LogP contribution in [0.1, 0.15) is 21.5 Å². The highest BCUT2D eigenvalue weighted by Crippen LogP contribution is 2.17. The van der Waals surface area contributed by atoms with Crippen molar-refractivity contribution in [1.29, 1.82) is 5.26 Å². The third kappa shape index (κ3) is 5.41. The topological polar surface area (TPSA) is 79.2 Å². The largest absolute Gasteiger partial charge is 0.423 e. The predicted molar refractivity (Wildman–Crippen MR) is 111 cm³/mol. The molecular weight excluding hydrogens is 364 g/mol. The SMILES string of the molecule is Cc1cccc(NC(=O)/C(C#N)=C/c2ccc(OC(=O)c3ccccc3)cc2)c1. The molecule has 0 unspecified atom stereocenters. The number of hydrogen-bond acceptors (Lipinski definition) is 4. The summed E-state index contributed by atoms with van der Waals surface area (Å²) in [7, 11) is 0. The zero-order valence-corrected chi connectivity index (χ0v) is 15.8. The number of aryl methyl sites for hydroxylation is 1. The van der Waals surface area contributed by atoms with Gasteiger partial charge in [-0.25, -0.2) is 4.79 Å². The maximum atomic E-state index is 12.4. The Balaban J connectivity index is 1.69. The number of nitriles is 1.